The molecule has 1 fully saturated rings. The van der Waals surface area contributed by atoms with Crippen molar-refractivity contribution in [2.45, 2.75) is 52.4 Å². The number of hydrogen-bond acceptors (Lipinski definition) is 0. The van der Waals surface area contributed by atoms with Gasteiger partial charge in [0.2, 0.25) is 0 Å². The fourth-order valence-electron chi connectivity index (χ4n) is 1.82. The van der Waals surface area contributed by atoms with Crippen LogP contribution < -0.4 is 0 Å². The lowest BCUT2D eigenvalue weighted by Gasteiger charge is -2.28. The molecule has 0 nitrogen and oxygen atoms in total. The highest BCUT2D eigenvalue weighted by Gasteiger charge is 2.19. The average Bonchev–Trinajstić information content (AvgIpc) is 1.87. The second-order valence-corrected chi connectivity index (χ2v) is 3.72. The lowest BCUT2D eigenvalue weighted by atomic mass is 9.78. The van der Waals surface area contributed by atoms with Crippen LogP contribution in [0, 0.1) is 11.8 Å². The predicted octanol–water partition coefficient (Wildman–Crippen LogP) is 3.61. The van der Waals surface area contributed by atoms with Gasteiger partial charge in [-0.15, -0.1) is 0 Å². The van der Waals surface area contributed by atoms with Crippen LogP contribution in [-0.2, 0) is 0 Å². The van der Waals surface area contributed by atoms with E-state index < -0.39 is 0 Å². The molecule has 0 aromatic heterocycles. The van der Waals surface area contributed by atoms with Gasteiger partial charge in [0.25, 0.3) is 0 Å². The van der Waals surface area contributed by atoms with E-state index in [0.717, 1.165) is 11.8 Å². The Bertz CT molecular complexity index is 78.0. The van der Waals surface area contributed by atoms with Crippen molar-refractivity contribution in [2.24, 2.45) is 11.8 Å². The van der Waals surface area contributed by atoms with Crippen molar-refractivity contribution in [1.82, 2.24) is 0 Å². The molecule has 60 valence electrons. The lowest BCUT2D eigenvalue weighted by molar-refractivity contribution is 0.242. The van der Waals surface area contributed by atoms with E-state index in [-0.39, 0.29) is 0 Å². The summed E-state index contributed by atoms with van der Waals surface area (Å²) in [5.74, 6) is 2.15. The predicted molar refractivity (Wildman–Crippen MR) is 46.0 cm³/mol. The van der Waals surface area contributed by atoms with Gasteiger partial charge in [0, 0.05) is 0 Å². The summed E-state index contributed by atoms with van der Waals surface area (Å²) in [6.45, 7) is 4.65. The van der Waals surface area contributed by atoms with E-state index in [0.29, 0.717) is 0 Å². The molecule has 0 atom stereocenters. The molecule has 1 rings (SSSR count). The van der Waals surface area contributed by atoms with Gasteiger partial charge in [0.05, 0.1) is 0 Å². The second-order valence-electron chi connectivity index (χ2n) is 3.72. The van der Waals surface area contributed by atoms with Crippen LogP contribution in [0.25, 0.3) is 0 Å². The summed E-state index contributed by atoms with van der Waals surface area (Å²) in [7, 11) is 0. The fourth-order valence-corrected chi connectivity index (χ4v) is 1.82. The maximum Gasteiger partial charge on any atom is -0.0412 e. The summed E-state index contributed by atoms with van der Waals surface area (Å²) in [5, 5.41) is 0. The van der Waals surface area contributed by atoms with Crippen LogP contribution in [0.15, 0.2) is 0 Å². The van der Waals surface area contributed by atoms with Crippen molar-refractivity contribution in [3.05, 3.63) is 0 Å². The monoisotopic (exact) mass is 140 g/mol. The van der Waals surface area contributed by atoms with Gasteiger partial charge in [-0.2, -0.15) is 0 Å². The smallest absolute Gasteiger partial charge is 0.0412 e. The molecule has 1 saturated carbocycles. The standard InChI is InChI=1S/C10H20/c1-3-9(4-2)8-10-6-5-7-10/h9-10H,3-8H2,1-2H3. The summed E-state index contributed by atoms with van der Waals surface area (Å²) >= 11 is 0. The van der Waals surface area contributed by atoms with Crippen LogP contribution in [-0.4, -0.2) is 0 Å². The zero-order valence-electron chi connectivity index (χ0n) is 7.40. The van der Waals surface area contributed by atoms with Gasteiger partial charge in [-0.05, 0) is 18.3 Å². The maximum atomic E-state index is 2.33. The topological polar surface area (TPSA) is 0 Å². The number of rotatable bonds is 4. The van der Waals surface area contributed by atoms with Gasteiger partial charge >= 0.3 is 0 Å². The highest BCUT2D eigenvalue weighted by atomic mass is 14.3. The molecule has 0 heterocycles. The molecule has 0 saturated heterocycles. The van der Waals surface area contributed by atoms with E-state index >= 15 is 0 Å². The van der Waals surface area contributed by atoms with E-state index in [2.05, 4.69) is 13.8 Å². The van der Waals surface area contributed by atoms with Gasteiger partial charge in [-0.1, -0.05) is 46.0 Å². The van der Waals surface area contributed by atoms with Crippen LogP contribution in [0.5, 0.6) is 0 Å². The SMILES string of the molecule is CCC(CC)CC1CCC1. The van der Waals surface area contributed by atoms with Crippen LogP contribution in [0.1, 0.15) is 52.4 Å². The minimum Gasteiger partial charge on any atom is -0.0651 e. The minimum atomic E-state index is 1.03. The number of hydrogen-bond donors (Lipinski definition) is 0. The zero-order chi connectivity index (χ0) is 7.40. The van der Waals surface area contributed by atoms with Crippen molar-refractivity contribution < 1.29 is 0 Å². The van der Waals surface area contributed by atoms with E-state index in [1.807, 2.05) is 0 Å². The first-order valence-corrected chi connectivity index (χ1v) is 4.86. The van der Waals surface area contributed by atoms with Crippen molar-refractivity contribution >= 4 is 0 Å². The van der Waals surface area contributed by atoms with Crippen LogP contribution in [0.2, 0.25) is 0 Å². The van der Waals surface area contributed by atoms with E-state index in [1.54, 1.807) is 0 Å². The summed E-state index contributed by atoms with van der Waals surface area (Å²) < 4.78 is 0. The quantitative estimate of drug-likeness (QED) is 0.559. The van der Waals surface area contributed by atoms with E-state index in [4.69, 9.17) is 0 Å². The largest absolute Gasteiger partial charge is 0.0651 e. The molecule has 1 aliphatic carbocycles. The molecule has 0 bridgehead atoms. The zero-order valence-corrected chi connectivity index (χ0v) is 7.40. The second kappa shape index (κ2) is 4.00. The average molecular weight is 140 g/mol. The molecule has 0 aromatic carbocycles. The molecule has 1 aliphatic rings. The first-order chi connectivity index (χ1) is 4.86. The highest BCUT2D eigenvalue weighted by Crippen LogP contribution is 2.33. The van der Waals surface area contributed by atoms with Crippen LogP contribution in [0.3, 0.4) is 0 Å². The van der Waals surface area contributed by atoms with Crippen molar-refractivity contribution in [3.8, 4) is 0 Å². The van der Waals surface area contributed by atoms with Crippen molar-refractivity contribution in [2.75, 3.05) is 0 Å². The third kappa shape index (κ3) is 2.00. The maximum absolute atomic E-state index is 2.33. The Kier molecular flexibility index (Phi) is 3.24. The molecule has 10 heavy (non-hydrogen) atoms. The Morgan fingerprint density at radius 3 is 2.10 bits per heavy atom. The van der Waals surface area contributed by atoms with Crippen LogP contribution in [0.4, 0.5) is 0 Å². The Morgan fingerprint density at radius 1 is 1.20 bits per heavy atom. The van der Waals surface area contributed by atoms with Gasteiger partial charge in [-0.25, -0.2) is 0 Å². The Balaban J connectivity index is 2.08. The van der Waals surface area contributed by atoms with Gasteiger partial charge < -0.3 is 0 Å². The Hall–Kier alpha value is 0. The van der Waals surface area contributed by atoms with Gasteiger partial charge in [-0.3, -0.25) is 0 Å². The molecule has 0 aromatic rings. The highest BCUT2D eigenvalue weighted by molar-refractivity contribution is 4.72. The van der Waals surface area contributed by atoms with Crippen molar-refractivity contribution in [3.63, 3.8) is 0 Å². The molecule has 0 heteroatoms. The summed E-state index contributed by atoms with van der Waals surface area (Å²) in [5.41, 5.74) is 0. The van der Waals surface area contributed by atoms with Gasteiger partial charge in [0.1, 0.15) is 0 Å². The van der Waals surface area contributed by atoms with Gasteiger partial charge in [0.15, 0.2) is 0 Å². The molecule has 0 N–H and O–H groups in total. The first-order valence-electron chi connectivity index (χ1n) is 4.86. The molecule has 0 radical (unpaired) electrons. The van der Waals surface area contributed by atoms with E-state index in [1.165, 1.54) is 38.5 Å². The Labute approximate surface area is 65.0 Å². The molecule has 0 aliphatic heterocycles. The fraction of sp³-hybridized carbons (Fsp3) is 1.00. The molecule has 0 spiro atoms. The third-order valence-electron chi connectivity index (χ3n) is 3.05. The van der Waals surface area contributed by atoms with Crippen molar-refractivity contribution in [1.29, 1.82) is 0 Å². The lowest BCUT2D eigenvalue weighted by Crippen LogP contribution is -2.15. The van der Waals surface area contributed by atoms with Crippen LogP contribution >= 0.6 is 0 Å². The van der Waals surface area contributed by atoms with E-state index in [9.17, 15) is 0 Å². The summed E-state index contributed by atoms with van der Waals surface area (Å²) in [6.07, 6.45) is 8.87. The Morgan fingerprint density at radius 2 is 1.80 bits per heavy atom. The third-order valence-corrected chi connectivity index (χ3v) is 3.05. The molecule has 0 amide bonds. The molecular weight excluding hydrogens is 120 g/mol. The molecule has 0 unspecified atom stereocenters. The molecular formula is C10H20. The normalized spacial score (nSPS) is 19.5. The summed E-state index contributed by atoms with van der Waals surface area (Å²) in [6, 6.07) is 0. The summed E-state index contributed by atoms with van der Waals surface area (Å²) in [4.78, 5) is 0. The first kappa shape index (κ1) is 8.10. The minimum absolute atomic E-state index is 1.03.